The van der Waals surface area contributed by atoms with Crippen LogP contribution in [0.4, 0.5) is 5.82 Å². The van der Waals surface area contributed by atoms with Gasteiger partial charge in [0.25, 0.3) is 0 Å². The lowest BCUT2D eigenvalue weighted by atomic mass is 10.3. The SMILES string of the molecule is Cc1nn(C)c(=O)nc1N1CCOCC1. The van der Waals surface area contributed by atoms with Crippen LogP contribution in [0.2, 0.25) is 0 Å². The highest BCUT2D eigenvalue weighted by atomic mass is 16.5. The van der Waals surface area contributed by atoms with Crippen molar-refractivity contribution in [3.05, 3.63) is 16.2 Å². The van der Waals surface area contributed by atoms with E-state index in [4.69, 9.17) is 4.74 Å². The van der Waals surface area contributed by atoms with Gasteiger partial charge in [0.1, 0.15) is 5.69 Å². The second-order valence-corrected chi connectivity index (χ2v) is 3.53. The highest BCUT2D eigenvalue weighted by Crippen LogP contribution is 2.13. The van der Waals surface area contributed by atoms with Crippen LogP contribution in [0.1, 0.15) is 5.69 Å². The normalized spacial score (nSPS) is 16.8. The summed E-state index contributed by atoms with van der Waals surface area (Å²) >= 11 is 0. The third-order valence-corrected chi connectivity index (χ3v) is 2.41. The van der Waals surface area contributed by atoms with Crippen molar-refractivity contribution >= 4 is 5.82 Å². The van der Waals surface area contributed by atoms with E-state index in [-0.39, 0.29) is 5.69 Å². The molecule has 6 nitrogen and oxygen atoms in total. The molecule has 1 aromatic heterocycles. The number of anilines is 1. The highest BCUT2D eigenvalue weighted by Gasteiger charge is 2.16. The molecule has 0 spiro atoms. The average Bonchev–Trinajstić information content (AvgIpc) is 2.25. The standard InChI is InChI=1S/C9H14N4O2/c1-7-8(10-9(14)12(2)11-7)13-3-5-15-6-4-13/h3-6H2,1-2H3. The van der Waals surface area contributed by atoms with Gasteiger partial charge in [-0.15, -0.1) is 0 Å². The maximum Gasteiger partial charge on any atom is 0.365 e. The van der Waals surface area contributed by atoms with Crippen LogP contribution in [0, 0.1) is 6.92 Å². The molecule has 0 radical (unpaired) electrons. The predicted molar refractivity (Wildman–Crippen MR) is 55.0 cm³/mol. The van der Waals surface area contributed by atoms with E-state index in [1.54, 1.807) is 7.05 Å². The summed E-state index contributed by atoms with van der Waals surface area (Å²) in [5.41, 5.74) is 0.459. The van der Waals surface area contributed by atoms with E-state index in [1.165, 1.54) is 4.68 Å². The molecular formula is C9H14N4O2. The number of hydrogen-bond donors (Lipinski definition) is 0. The molecule has 0 aromatic carbocycles. The van der Waals surface area contributed by atoms with Crippen LogP contribution in [-0.2, 0) is 11.8 Å². The summed E-state index contributed by atoms with van der Waals surface area (Å²) in [5, 5.41) is 4.11. The molecule has 15 heavy (non-hydrogen) atoms. The maximum atomic E-state index is 11.4. The molecular weight excluding hydrogens is 196 g/mol. The van der Waals surface area contributed by atoms with Crippen molar-refractivity contribution in [3.8, 4) is 0 Å². The molecule has 2 heterocycles. The van der Waals surface area contributed by atoms with Gasteiger partial charge in [-0.05, 0) is 6.92 Å². The monoisotopic (exact) mass is 210 g/mol. The maximum absolute atomic E-state index is 11.4. The first-order valence-corrected chi connectivity index (χ1v) is 4.93. The highest BCUT2D eigenvalue weighted by molar-refractivity contribution is 5.41. The van der Waals surface area contributed by atoms with Gasteiger partial charge in [-0.25, -0.2) is 9.48 Å². The van der Waals surface area contributed by atoms with E-state index in [0.717, 1.165) is 18.8 Å². The van der Waals surface area contributed by atoms with Crippen LogP contribution >= 0.6 is 0 Å². The average molecular weight is 210 g/mol. The quantitative estimate of drug-likeness (QED) is 0.614. The molecule has 1 aliphatic rings. The third-order valence-electron chi connectivity index (χ3n) is 2.41. The summed E-state index contributed by atoms with van der Waals surface area (Å²) in [6.07, 6.45) is 0. The lowest BCUT2D eigenvalue weighted by Crippen LogP contribution is -2.39. The summed E-state index contributed by atoms with van der Waals surface area (Å²) in [5.74, 6) is 0.682. The molecule has 0 unspecified atom stereocenters. The zero-order chi connectivity index (χ0) is 10.8. The minimum absolute atomic E-state index is 0.318. The molecule has 1 aromatic rings. The van der Waals surface area contributed by atoms with Crippen molar-refractivity contribution in [2.45, 2.75) is 6.92 Å². The fourth-order valence-electron chi connectivity index (χ4n) is 1.63. The van der Waals surface area contributed by atoms with Crippen molar-refractivity contribution in [2.24, 2.45) is 7.05 Å². The number of hydrogen-bond acceptors (Lipinski definition) is 5. The van der Waals surface area contributed by atoms with Gasteiger partial charge in [0, 0.05) is 20.1 Å². The largest absolute Gasteiger partial charge is 0.378 e. The van der Waals surface area contributed by atoms with E-state index >= 15 is 0 Å². The number of aryl methyl sites for hydroxylation is 2. The molecule has 0 amide bonds. The van der Waals surface area contributed by atoms with E-state index in [2.05, 4.69) is 10.1 Å². The summed E-state index contributed by atoms with van der Waals surface area (Å²) in [6.45, 7) is 4.75. The van der Waals surface area contributed by atoms with Crippen molar-refractivity contribution in [2.75, 3.05) is 31.2 Å². The van der Waals surface area contributed by atoms with Gasteiger partial charge in [-0.1, -0.05) is 0 Å². The van der Waals surface area contributed by atoms with E-state index < -0.39 is 0 Å². The molecule has 2 rings (SSSR count). The van der Waals surface area contributed by atoms with Gasteiger partial charge in [0.05, 0.1) is 13.2 Å². The predicted octanol–water partition coefficient (Wildman–Crippen LogP) is -0.680. The Balaban J connectivity index is 2.34. The topological polar surface area (TPSA) is 60.2 Å². The number of aromatic nitrogens is 3. The first-order valence-electron chi connectivity index (χ1n) is 4.93. The molecule has 0 atom stereocenters. The second-order valence-electron chi connectivity index (χ2n) is 3.53. The van der Waals surface area contributed by atoms with Gasteiger partial charge in [-0.3, -0.25) is 0 Å². The van der Waals surface area contributed by atoms with E-state index in [0.29, 0.717) is 19.0 Å². The van der Waals surface area contributed by atoms with Crippen molar-refractivity contribution in [3.63, 3.8) is 0 Å². The Morgan fingerprint density at radius 3 is 2.67 bits per heavy atom. The van der Waals surface area contributed by atoms with Gasteiger partial charge in [0.15, 0.2) is 5.82 Å². The summed E-state index contributed by atoms with van der Waals surface area (Å²) in [4.78, 5) is 17.4. The Kier molecular flexibility index (Phi) is 2.68. The molecule has 1 fully saturated rings. The van der Waals surface area contributed by atoms with Crippen LogP contribution in [0.5, 0.6) is 0 Å². The Labute approximate surface area is 87.5 Å². The van der Waals surface area contributed by atoms with Crippen LogP contribution in [0.3, 0.4) is 0 Å². The Morgan fingerprint density at radius 2 is 2.00 bits per heavy atom. The third kappa shape index (κ3) is 1.99. The van der Waals surface area contributed by atoms with E-state index in [1.807, 2.05) is 11.8 Å². The van der Waals surface area contributed by atoms with Gasteiger partial charge < -0.3 is 9.64 Å². The van der Waals surface area contributed by atoms with Crippen molar-refractivity contribution in [1.29, 1.82) is 0 Å². The molecule has 1 saturated heterocycles. The number of rotatable bonds is 1. The number of ether oxygens (including phenoxy) is 1. The molecule has 6 heteroatoms. The first-order chi connectivity index (χ1) is 7.18. The lowest BCUT2D eigenvalue weighted by Gasteiger charge is -2.28. The van der Waals surface area contributed by atoms with E-state index in [9.17, 15) is 4.79 Å². The molecule has 0 bridgehead atoms. The van der Waals surface area contributed by atoms with Crippen LogP contribution in [0.15, 0.2) is 4.79 Å². The fraction of sp³-hybridized carbons (Fsp3) is 0.667. The van der Waals surface area contributed by atoms with Crippen molar-refractivity contribution in [1.82, 2.24) is 14.8 Å². The Morgan fingerprint density at radius 1 is 1.33 bits per heavy atom. The van der Waals surface area contributed by atoms with Gasteiger partial charge in [-0.2, -0.15) is 10.1 Å². The Bertz CT molecular complexity index is 409. The minimum atomic E-state index is -0.318. The smallest absolute Gasteiger partial charge is 0.365 e. The van der Waals surface area contributed by atoms with Gasteiger partial charge >= 0.3 is 5.69 Å². The second kappa shape index (κ2) is 3.98. The molecule has 82 valence electrons. The van der Waals surface area contributed by atoms with Crippen molar-refractivity contribution < 1.29 is 4.74 Å². The summed E-state index contributed by atoms with van der Waals surface area (Å²) in [7, 11) is 1.60. The molecule has 0 aliphatic carbocycles. The number of nitrogens with zero attached hydrogens (tertiary/aromatic N) is 4. The van der Waals surface area contributed by atoms with Crippen LogP contribution < -0.4 is 10.6 Å². The summed E-state index contributed by atoms with van der Waals surface area (Å²) in [6, 6.07) is 0. The van der Waals surface area contributed by atoms with Crippen LogP contribution in [0.25, 0.3) is 0 Å². The molecule has 1 aliphatic heterocycles. The number of morpholine rings is 1. The first kappa shape index (κ1) is 10.1. The zero-order valence-electron chi connectivity index (χ0n) is 8.93. The summed E-state index contributed by atoms with van der Waals surface area (Å²) < 4.78 is 6.49. The van der Waals surface area contributed by atoms with Crippen LogP contribution in [-0.4, -0.2) is 41.1 Å². The lowest BCUT2D eigenvalue weighted by molar-refractivity contribution is 0.122. The zero-order valence-corrected chi connectivity index (χ0v) is 8.93. The fourth-order valence-corrected chi connectivity index (χ4v) is 1.63. The molecule has 0 N–H and O–H groups in total. The Hall–Kier alpha value is -1.43. The van der Waals surface area contributed by atoms with Gasteiger partial charge in [0.2, 0.25) is 0 Å². The minimum Gasteiger partial charge on any atom is -0.378 e. The molecule has 0 saturated carbocycles.